The smallest absolute Gasteiger partial charge is 0.256 e. The SMILES string of the molecule is Cc1ccnn1CCC(=O)N1CCOC(C(=O)Nc2cc(-c3ccccc3F)[nH]n2)C1. The number of hydrogen-bond acceptors (Lipinski definition) is 5. The molecule has 2 amide bonds. The Balaban J connectivity index is 1.33. The first-order valence-electron chi connectivity index (χ1n) is 10.0. The number of ether oxygens (including phenoxy) is 1. The molecule has 3 heterocycles. The molecule has 2 aromatic heterocycles. The number of aryl methyl sites for hydroxylation is 2. The molecule has 0 aliphatic carbocycles. The summed E-state index contributed by atoms with van der Waals surface area (Å²) in [5.74, 6) is -0.604. The van der Waals surface area contributed by atoms with E-state index in [0.29, 0.717) is 30.8 Å². The molecule has 1 unspecified atom stereocenters. The molecule has 1 aliphatic heterocycles. The number of anilines is 1. The van der Waals surface area contributed by atoms with Gasteiger partial charge in [0.05, 0.1) is 18.8 Å². The van der Waals surface area contributed by atoms with Gasteiger partial charge in [0, 0.05) is 43.0 Å². The van der Waals surface area contributed by atoms with Crippen LogP contribution in [0.1, 0.15) is 12.1 Å². The Bertz CT molecular complexity index is 1080. The minimum Gasteiger partial charge on any atom is -0.365 e. The van der Waals surface area contributed by atoms with Gasteiger partial charge in [0.1, 0.15) is 5.82 Å². The van der Waals surface area contributed by atoms with Crippen LogP contribution in [-0.2, 0) is 20.9 Å². The van der Waals surface area contributed by atoms with Crippen molar-refractivity contribution in [3.8, 4) is 11.3 Å². The van der Waals surface area contributed by atoms with Gasteiger partial charge in [-0.25, -0.2) is 4.39 Å². The topological polar surface area (TPSA) is 105 Å². The maximum absolute atomic E-state index is 13.9. The number of amides is 2. The highest BCUT2D eigenvalue weighted by Gasteiger charge is 2.29. The minimum absolute atomic E-state index is 0.0578. The molecule has 1 saturated heterocycles. The number of nitrogens with zero attached hydrogens (tertiary/aromatic N) is 4. The van der Waals surface area contributed by atoms with Crippen molar-refractivity contribution in [2.24, 2.45) is 0 Å². The van der Waals surface area contributed by atoms with Crippen LogP contribution >= 0.6 is 0 Å². The number of halogens is 1. The Hall–Kier alpha value is -3.53. The van der Waals surface area contributed by atoms with Crippen LogP contribution in [0.3, 0.4) is 0 Å². The number of H-pyrrole nitrogens is 1. The highest BCUT2D eigenvalue weighted by Crippen LogP contribution is 2.22. The second kappa shape index (κ2) is 9.09. The number of carbonyl (C=O) groups is 2. The monoisotopic (exact) mass is 426 g/mol. The number of aromatic amines is 1. The van der Waals surface area contributed by atoms with E-state index in [9.17, 15) is 14.0 Å². The summed E-state index contributed by atoms with van der Waals surface area (Å²) < 4.78 is 21.3. The summed E-state index contributed by atoms with van der Waals surface area (Å²) in [6, 6.07) is 9.71. The van der Waals surface area contributed by atoms with Gasteiger partial charge in [0.15, 0.2) is 11.9 Å². The van der Waals surface area contributed by atoms with Crippen LogP contribution < -0.4 is 5.32 Å². The van der Waals surface area contributed by atoms with Crippen molar-refractivity contribution in [1.29, 1.82) is 0 Å². The zero-order valence-corrected chi connectivity index (χ0v) is 17.0. The first-order valence-corrected chi connectivity index (χ1v) is 10.0. The zero-order valence-electron chi connectivity index (χ0n) is 17.0. The van der Waals surface area contributed by atoms with Gasteiger partial charge in [0.25, 0.3) is 5.91 Å². The highest BCUT2D eigenvalue weighted by atomic mass is 19.1. The summed E-state index contributed by atoms with van der Waals surface area (Å²) in [4.78, 5) is 26.8. The Morgan fingerprint density at radius 1 is 1.32 bits per heavy atom. The summed E-state index contributed by atoms with van der Waals surface area (Å²) in [6.45, 7) is 3.27. The average molecular weight is 426 g/mol. The van der Waals surface area contributed by atoms with Crippen molar-refractivity contribution in [3.05, 3.63) is 54.1 Å². The van der Waals surface area contributed by atoms with Crippen molar-refractivity contribution >= 4 is 17.6 Å². The molecule has 3 aromatic rings. The standard InChI is InChI=1S/C21H23FN6O3/c1-14-6-8-23-28(14)9-7-20(29)27-10-11-31-18(13-27)21(30)24-19-12-17(25-26-19)15-4-2-3-5-16(15)22/h2-6,8,12,18H,7,9-11,13H2,1H3,(H2,24,25,26,30). The molecule has 0 saturated carbocycles. The number of nitrogens with one attached hydrogen (secondary N) is 2. The van der Waals surface area contributed by atoms with Gasteiger partial charge in [-0.1, -0.05) is 12.1 Å². The second-order valence-corrected chi connectivity index (χ2v) is 7.28. The summed E-state index contributed by atoms with van der Waals surface area (Å²) >= 11 is 0. The van der Waals surface area contributed by atoms with Crippen LogP contribution in [0.2, 0.25) is 0 Å². The molecule has 4 rings (SSSR count). The second-order valence-electron chi connectivity index (χ2n) is 7.28. The van der Waals surface area contributed by atoms with Crippen LogP contribution in [-0.4, -0.2) is 62.5 Å². The lowest BCUT2D eigenvalue weighted by Gasteiger charge is -2.32. The molecule has 10 heteroatoms. The number of aromatic nitrogens is 4. The molecule has 162 valence electrons. The summed E-state index contributed by atoms with van der Waals surface area (Å²) in [6.07, 6.45) is 1.18. The quantitative estimate of drug-likeness (QED) is 0.627. The van der Waals surface area contributed by atoms with Crippen molar-refractivity contribution in [2.75, 3.05) is 25.0 Å². The third kappa shape index (κ3) is 4.80. The lowest BCUT2D eigenvalue weighted by atomic mass is 10.1. The normalized spacial score (nSPS) is 16.3. The predicted molar refractivity (Wildman–Crippen MR) is 111 cm³/mol. The number of carbonyl (C=O) groups excluding carboxylic acids is 2. The third-order valence-corrected chi connectivity index (χ3v) is 5.17. The van der Waals surface area contributed by atoms with E-state index >= 15 is 0 Å². The number of hydrogen-bond donors (Lipinski definition) is 2. The largest absolute Gasteiger partial charge is 0.365 e. The van der Waals surface area contributed by atoms with Crippen LogP contribution in [0.5, 0.6) is 0 Å². The fourth-order valence-corrected chi connectivity index (χ4v) is 3.44. The van der Waals surface area contributed by atoms with E-state index in [-0.39, 0.29) is 30.7 Å². The highest BCUT2D eigenvalue weighted by molar-refractivity contribution is 5.94. The van der Waals surface area contributed by atoms with Crippen molar-refractivity contribution < 1.29 is 18.7 Å². The van der Waals surface area contributed by atoms with Crippen LogP contribution in [0, 0.1) is 12.7 Å². The first-order chi connectivity index (χ1) is 15.0. The maximum atomic E-state index is 13.9. The Morgan fingerprint density at radius 2 is 2.16 bits per heavy atom. The third-order valence-electron chi connectivity index (χ3n) is 5.17. The molecule has 0 bridgehead atoms. The molecule has 1 atom stereocenters. The van der Waals surface area contributed by atoms with Gasteiger partial charge in [-0.15, -0.1) is 0 Å². The summed E-state index contributed by atoms with van der Waals surface area (Å²) in [7, 11) is 0. The predicted octanol–water partition coefficient (Wildman–Crippen LogP) is 1.98. The number of morpholine rings is 1. The van der Waals surface area contributed by atoms with Gasteiger partial charge < -0.3 is 15.0 Å². The van der Waals surface area contributed by atoms with E-state index in [1.807, 2.05) is 13.0 Å². The van der Waals surface area contributed by atoms with Gasteiger partial charge in [-0.3, -0.25) is 19.4 Å². The molecule has 0 spiro atoms. The Labute approximate surface area is 178 Å². The van der Waals surface area contributed by atoms with Gasteiger partial charge >= 0.3 is 0 Å². The summed E-state index contributed by atoms with van der Waals surface area (Å²) in [5, 5.41) is 13.6. The molecular formula is C21H23FN6O3. The van der Waals surface area contributed by atoms with E-state index < -0.39 is 12.0 Å². The van der Waals surface area contributed by atoms with E-state index in [1.54, 1.807) is 40.0 Å². The number of rotatable bonds is 6. The fourth-order valence-electron chi connectivity index (χ4n) is 3.44. The fraction of sp³-hybridized carbons (Fsp3) is 0.333. The maximum Gasteiger partial charge on any atom is 0.256 e. The zero-order chi connectivity index (χ0) is 21.8. The lowest BCUT2D eigenvalue weighted by molar-refractivity contribution is -0.144. The molecule has 0 radical (unpaired) electrons. The van der Waals surface area contributed by atoms with Crippen LogP contribution in [0.4, 0.5) is 10.2 Å². The number of benzene rings is 1. The van der Waals surface area contributed by atoms with Crippen LogP contribution in [0.15, 0.2) is 42.6 Å². The van der Waals surface area contributed by atoms with Gasteiger partial charge in [-0.05, 0) is 25.1 Å². The molecule has 31 heavy (non-hydrogen) atoms. The van der Waals surface area contributed by atoms with Crippen LogP contribution in [0.25, 0.3) is 11.3 Å². The van der Waals surface area contributed by atoms with Crippen molar-refractivity contribution in [3.63, 3.8) is 0 Å². The lowest BCUT2D eigenvalue weighted by Crippen LogP contribution is -2.50. The van der Waals surface area contributed by atoms with Gasteiger partial charge in [-0.2, -0.15) is 10.2 Å². The van der Waals surface area contributed by atoms with E-state index in [0.717, 1.165) is 5.69 Å². The minimum atomic E-state index is -0.808. The van der Waals surface area contributed by atoms with Gasteiger partial charge in [0.2, 0.25) is 5.91 Å². The molecule has 2 N–H and O–H groups in total. The van der Waals surface area contributed by atoms with Crippen molar-refractivity contribution in [1.82, 2.24) is 24.9 Å². The molecule has 1 aliphatic rings. The van der Waals surface area contributed by atoms with E-state index in [1.165, 1.54) is 6.07 Å². The Morgan fingerprint density at radius 3 is 2.94 bits per heavy atom. The average Bonchev–Trinajstić information content (AvgIpc) is 3.41. The molecule has 1 aromatic carbocycles. The van der Waals surface area contributed by atoms with E-state index in [4.69, 9.17) is 4.74 Å². The van der Waals surface area contributed by atoms with Crippen molar-refractivity contribution in [2.45, 2.75) is 26.0 Å². The summed E-state index contributed by atoms with van der Waals surface area (Å²) in [5.41, 5.74) is 1.79. The first kappa shape index (κ1) is 20.7. The molecule has 1 fully saturated rings. The molecule has 9 nitrogen and oxygen atoms in total. The molecular weight excluding hydrogens is 403 g/mol. The van der Waals surface area contributed by atoms with E-state index in [2.05, 4.69) is 20.6 Å². The Kier molecular flexibility index (Phi) is 6.08.